The standard InChI is InChI=1S/C10H11N3O2S/c1-4-8(5(2)14)16-10(12-4)7-6(3)15-13-9(7)11/h1-3H3,(H2,11,13). The third-order valence-corrected chi connectivity index (χ3v) is 3.50. The normalized spacial score (nSPS) is 10.7. The molecule has 2 N–H and O–H groups in total. The topological polar surface area (TPSA) is 82.0 Å². The first kappa shape index (κ1) is 10.8. The van der Waals surface area contributed by atoms with Gasteiger partial charge in [0, 0.05) is 6.92 Å². The molecule has 0 aliphatic heterocycles. The lowest BCUT2D eigenvalue weighted by Gasteiger charge is -1.91. The third-order valence-electron chi connectivity index (χ3n) is 2.22. The summed E-state index contributed by atoms with van der Waals surface area (Å²) in [5.74, 6) is 0.927. The van der Waals surface area contributed by atoms with Gasteiger partial charge in [0.2, 0.25) is 0 Å². The second kappa shape index (κ2) is 3.71. The van der Waals surface area contributed by atoms with Crippen molar-refractivity contribution < 1.29 is 9.32 Å². The van der Waals surface area contributed by atoms with E-state index in [0.29, 0.717) is 32.7 Å². The lowest BCUT2D eigenvalue weighted by molar-refractivity contribution is 0.102. The Morgan fingerprint density at radius 3 is 2.56 bits per heavy atom. The predicted molar refractivity (Wildman–Crippen MR) is 61.5 cm³/mol. The summed E-state index contributed by atoms with van der Waals surface area (Å²) in [6.45, 7) is 5.09. The Labute approximate surface area is 96.3 Å². The van der Waals surface area contributed by atoms with Gasteiger partial charge in [0.15, 0.2) is 11.6 Å². The molecular formula is C10H11N3O2S. The molecular weight excluding hydrogens is 226 g/mol. The predicted octanol–water partition coefficient (Wildman–Crippen LogP) is 2.20. The summed E-state index contributed by atoms with van der Waals surface area (Å²) in [4.78, 5) is 16.3. The number of hydrogen-bond acceptors (Lipinski definition) is 6. The van der Waals surface area contributed by atoms with Crippen LogP contribution in [0.15, 0.2) is 4.52 Å². The molecule has 6 heteroatoms. The number of nitrogen functional groups attached to an aromatic ring is 1. The number of thiazole rings is 1. The molecule has 0 radical (unpaired) electrons. The monoisotopic (exact) mass is 237 g/mol. The van der Waals surface area contributed by atoms with Gasteiger partial charge in [-0.25, -0.2) is 4.98 Å². The van der Waals surface area contributed by atoms with Gasteiger partial charge in [0.25, 0.3) is 0 Å². The van der Waals surface area contributed by atoms with E-state index in [2.05, 4.69) is 10.1 Å². The van der Waals surface area contributed by atoms with Crippen molar-refractivity contribution in [2.75, 3.05) is 5.73 Å². The number of ketones is 1. The zero-order valence-electron chi connectivity index (χ0n) is 9.20. The molecule has 0 atom stereocenters. The van der Waals surface area contributed by atoms with Crippen LogP contribution in [0.2, 0.25) is 0 Å². The highest BCUT2D eigenvalue weighted by Crippen LogP contribution is 2.33. The first-order chi connectivity index (χ1) is 7.50. The second-order valence-corrected chi connectivity index (χ2v) is 4.49. The van der Waals surface area contributed by atoms with E-state index >= 15 is 0 Å². The Morgan fingerprint density at radius 2 is 2.12 bits per heavy atom. The molecule has 16 heavy (non-hydrogen) atoms. The molecule has 0 aliphatic rings. The van der Waals surface area contributed by atoms with Crippen LogP contribution in [0.4, 0.5) is 5.82 Å². The lowest BCUT2D eigenvalue weighted by atomic mass is 10.2. The first-order valence-corrected chi connectivity index (χ1v) is 5.53. The van der Waals surface area contributed by atoms with E-state index in [1.54, 1.807) is 13.8 Å². The van der Waals surface area contributed by atoms with Crippen molar-refractivity contribution in [1.29, 1.82) is 0 Å². The number of nitrogens with two attached hydrogens (primary N) is 1. The van der Waals surface area contributed by atoms with Crippen LogP contribution in [-0.4, -0.2) is 15.9 Å². The van der Waals surface area contributed by atoms with E-state index in [1.807, 2.05) is 0 Å². The van der Waals surface area contributed by atoms with Crippen molar-refractivity contribution >= 4 is 22.9 Å². The van der Waals surface area contributed by atoms with Gasteiger partial charge in [0.05, 0.1) is 16.1 Å². The number of carbonyl (C=O) groups is 1. The fraction of sp³-hybridized carbons (Fsp3) is 0.300. The number of aryl methyl sites for hydroxylation is 2. The van der Waals surface area contributed by atoms with Gasteiger partial charge in [-0.05, 0) is 13.8 Å². The van der Waals surface area contributed by atoms with Gasteiger partial charge in [-0.2, -0.15) is 0 Å². The summed E-state index contributed by atoms with van der Waals surface area (Å²) in [6, 6.07) is 0. The molecule has 5 nitrogen and oxygen atoms in total. The van der Waals surface area contributed by atoms with Crippen LogP contribution in [-0.2, 0) is 0 Å². The fourth-order valence-electron chi connectivity index (χ4n) is 1.48. The van der Waals surface area contributed by atoms with Crippen molar-refractivity contribution in [3.8, 4) is 10.6 Å². The number of aromatic nitrogens is 2. The largest absolute Gasteiger partial charge is 0.380 e. The minimum Gasteiger partial charge on any atom is -0.380 e. The lowest BCUT2D eigenvalue weighted by Crippen LogP contribution is -1.89. The summed E-state index contributed by atoms with van der Waals surface area (Å²) in [7, 11) is 0. The maximum Gasteiger partial charge on any atom is 0.177 e. The van der Waals surface area contributed by atoms with Crippen LogP contribution >= 0.6 is 11.3 Å². The SMILES string of the molecule is CC(=O)c1sc(-c2c(N)noc2C)nc1C. The van der Waals surface area contributed by atoms with E-state index in [1.165, 1.54) is 18.3 Å². The second-order valence-electron chi connectivity index (χ2n) is 3.49. The molecule has 2 aromatic heterocycles. The number of Topliss-reactive ketones (excluding diaryl/α,β-unsaturated/α-hetero) is 1. The molecule has 2 rings (SSSR count). The summed E-state index contributed by atoms with van der Waals surface area (Å²) in [5.41, 5.74) is 7.08. The molecule has 0 unspecified atom stereocenters. The average Bonchev–Trinajstić information content (AvgIpc) is 2.70. The van der Waals surface area contributed by atoms with Gasteiger partial charge in [-0.15, -0.1) is 11.3 Å². The van der Waals surface area contributed by atoms with Crippen LogP contribution in [0.3, 0.4) is 0 Å². The van der Waals surface area contributed by atoms with E-state index < -0.39 is 0 Å². The highest BCUT2D eigenvalue weighted by molar-refractivity contribution is 7.17. The molecule has 0 spiro atoms. The molecule has 0 aromatic carbocycles. The zero-order valence-corrected chi connectivity index (χ0v) is 10.0. The van der Waals surface area contributed by atoms with Gasteiger partial charge in [-0.1, -0.05) is 5.16 Å². The Hall–Kier alpha value is -1.69. The summed E-state index contributed by atoms with van der Waals surface area (Å²) < 4.78 is 4.97. The van der Waals surface area contributed by atoms with Gasteiger partial charge >= 0.3 is 0 Å². The number of rotatable bonds is 2. The maximum atomic E-state index is 11.3. The van der Waals surface area contributed by atoms with Gasteiger partial charge in [0.1, 0.15) is 10.8 Å². The van der Waals surface area contributed by atoms with E-state index in [0.717, 1.165) is 0 Å². The van der Waals surface area contributed by atoms with Crippen LogP contribution in [0, 0.1) is 13.8 Å². The Bertz CT molecular complexity index is 537. The van der Waals surface area contributed by atoms with Crippen LogP contribution < -0.4 is 5.73 Å². The van der Waals surface area contributed by atoms with Crippen molar-refractivity contribution in [3.63, 3.8) is 0 Å². The number of carbonyl (C=O) groups excluding carboxylic acids is 1. The summed E-state index contributed by atoms with van der Waals surface area (Å²) in [5, 5.41) is 4.34. The summed E-state index contributed by atoms with van der Waals surface area (Å²) >= 11 is 1.31. The number of hydrogen-bond donors (Lipinski definition) is 1. The Kier molecular flexibility index (Phi) is 2.51. The quantitative estimate of drug-likeness (QED) is 0.809. The van der Waals surface area contributed by atoms with Gasteiger partial charge in [-0.3, -0.25) is 4.79 Å². The summed E-state index contributed by atoms with van der Waals surface area (Å²) in [6.07, 6.45) is 0. The highest BCUT2D eigenvalue weighted by Gasteiger charge is 2.19. The van der Waals surface area contributed by atoms with Crippen molar-refractivity contribution in [3.05, 3.63) is 16.3 Å². The van der Waals surface area contributed by atoms with Crippen molar-refractivity contribution in [1.82, 2.24) is 10.1 Å². The third kappa shape index (κ3) is 1.61. The van der Waals surface area contributed by atoms with Crippen LogP contribution in [0.25, 0.3) is 10.6 Å². The van der Waals surface area contributed by atoms with Gasteiger partial charge < -0.3 is 10.3 Å². The van der Waals surface area contributed by atoms with E-state index in [9.17, 15) is 4.79 Å². The number of nitrogens with zero attached hydrogens (tertiary/aromatic N) is 2. The Morgan fingerprint density at radius 1 is 1.44 bits per heavy atom. The zero-order chi connectivity index (χ0) is 11.9. The molecule has 0 saturated heterocycles. The maximum absolute atomic E-state index is 11.3. The van der Waals surface area contributed by atoms with E-state index in [-0.39, 0.29) is 5.78 Å². The molecule has 0 bridgehead atoms. The fourth-order valence-corrected chi connectivity index (χ4v) is 2.54. The Balaban J connectivity index is 2.58. The smallest absolute Gasteiger partial charge is 0.177 e. The minimum atomic E-state index is 0.00827. The molecule has 0 fully saturated rings. The number of anilines is 1. The average molecular weight is 237 g/mol. The molecule has 0 saturated carbocycles. The molecule has 0 aliphatic carbocycles. The first-order valence-electron chi connectivity index (χ1n) is 4.71. The van der Waals surface area contributed by atoms with Crippen LogP contribution in [0.1, 0.15) is 28.0 Å². The molecule has 2 heterocycles. The molecule has 0 amide bonds. The van der Waals surface area contributed by atoms with E-state index in [4.69, 9.17) is 10.3 Å². The molecule has 2 aromatic rings. The minimum absolute atomic E-state index is 0.00827. The van der Waals surface area contributed by atoms with Crippen molar-refractivity contribution in [2.24, 2.45) is 0 Å². The van der Waals surface area contributed by atoms with Crippen LogP contribution in [0.5, 0.6) is 0 Å². The molecule has 84 valence electrons. The van der Waals surface area contributed by atoms with Crippen molar-refractivity contribution in [2.45, 2.75) is 20.8 Å². The highest BCUT2D eigenvalue weighted by atomic mass is 32.1.